The average molecular weight is 393 g/mol. The van der Waals surface area contributed by atoms with Crippen molar-refractivity contribution < 1.29 is 19.4 Å². The summed E-state index contributed by atoms with van der Waals surface area (Å²) in [6, 6.07) is 3.83. The molecule has 0 fully saturated rings. The van der Waals surface area contributed by atoms with Crippen LogP contribution in [-0.2, 0) is 40.0 Å². The van der Waals surface area contributed by atoms with E-state index in [0.29, 0.717) is 13.0 Å². The normalized spacial score (nSPS) is 9.73. The summed E-state index contributed by atoms with van der Waals surface area (Å²) in [5, 5.41) is 12.5. The summed E-state index contributed by atoms with van der Waals surface area (Å²) in [6.45, 7) is 9.56. The van der Waals surface area contributed by atoms with E-state index >= 15 is 0 Å². The lowest BCUT2D eigenvalue weighted by atomic mass is 10.1. The molecule has 0 unspecified atom stereocenters. The van der Waals surface area contributed by atoms with Gasteiger partial charge in [-0.3, -0.25) is 9.59 Å². The molecule has 4 nitrogen and oxygen atoms in total. The highest BCUT2D eigenvalue weighted by atomic mass is 32.1. The van der Waals surface area contributed by atoms with Gasteiger partial charge in [0.1, 0.15) is 0 Å². The van der Waals surface area contributed by atoms with Gasteiger partial charge in [-0.1, -0.05) is 12.2 Å². The second kappa shape index (κ2) is 12.2. The lowest BCUT2D eigenvalue weighted by Crippen LogP contribution is -2.07. The van der Waals surface area contributed by atoms with Crippen molar-refractivity contribution in [3.05, 3.63) is 69.1 Å². The molecule has 0 spiro atoms. The van der Waals surface area contributed by atoms with Gasteiger partial charge in [-0.2, -0.15) is 0 Å². The molecule has 0 aromatic carbocycles. The zero-order valence-corrected chi connectivity index (χ0v) is 16.5. The molecule has 6 heteroatoms. The summed E-state index contributed by atoms with van der Waals surface area (Å²) in [6.07, 6.45) is 5.72. The second-order valence-corrected chi connectivity index (χ2v) is 7.28. The Morgan fingerprint density at radius 1 is 1.04 bits per heavy atom. The molecular weight excluding hydrogens is 368 g/mol. The van der Waals surface area contributed by atoms with Gasteiger partial charge in [0, 0.05) is 9.75 Å². The third kappa shape index (κ3) is 7.80. The molecule has 2 heterocycles. The number of ether oxygens (including phenoxy) is 1. The van der Waals surface area contributed by atoms with Crippen molar-refractivity contribution in [3.8, 4) is 0 Å². The Morgan fingerprint density at radius 2 is 1.54 bits per heavy atom. The third-order valence-electron chi connectivity index (χ3n) is 3.32. The number of hydrogen-bond donors (Lipinski definition) is 1. The number of carbonyl (C=O) groups excluding carboxylic acids is 1. The van der Waals surface area contributed by atoms with Crippen molar-refractivity contribution in [3.63, 3.8) is 0 Å². The highest BCUT2D eigenvalue weighted by Gasteiger charge is 2.08. The maximum Gasteiger partial charge on any atom is 0.310 e. The highest BCUT2D eigenvalue weighted by Crippen LogP contribution is 2.19. The summed E-state index contributed by atoms with van der Waals surface area (Å²) in [4.78, 5) is 23.9. The van der Waals surface area contributed by atoms with E-state index in [-0.39, 0.29) is 12.4 Å². The molecule has 140 valence electrons. The van der Waals surface area contributed by atoms with Crippen LogP contribution in [-0.4, -0.2) is 23.7 Å². The first kappa shape index (κ1) is 21.9. The van der Waals surface area contributed by atoms with Crippen molar-refractivity contribution in [1.82, 2.24) is 0 Å². The van der Waals surface area contributed by atoms with Crippen LogP contribution >= 0.6 is 22.7 Å². The lowest BCUT2D eigenvalue weighted by molar-refractivity contribution is -0.142. The van der Waals surface area contributed by atoms with Gasteiger partial charge >= 0.3 is 11.9 Å². The molecule has 0 saturated carbocycles. The van der Waals surface area contributed by atoms with Gasteiger partial charge in [0.25, 0.3) is 0 Å². The monoisotopic (exact) mass is 392 g/mol. The quantitative estimate of drug-likeness (QED) is 0.497. The van der Waals surface area contributed by atoms with Crippen molar-refractivity contribution in [1.29, 1.82) is 0 Å². The van der Waals surface area contributed by atoms with Crippen LogP contribution in [0.5, 0.6) is 0 Å². The standard InChI is InChI=1S/C11H14O2S.C9H10O2S/c1-3-5-10-9(6-7-14-10)8-11(12)13-4-2;1-2-3-8-7(4-5-12-8)6-9(10)11/h3,6-7H,1,4-5,8H2,2H3;2,4-5H,1,3,6H2,(H,10,11). The van der Waals surface area contributed by atoms with Gasteiger partial charge in [0.05, 0.1) is 19.4 Å². The number of allylic oxidation sites excluding steroid dienone is 2. The fourth-order valence-corrected chi connectivity index (χ4v) is 4.00. The Balaban J connectivity index is 0.000000263. The number of carboxylic acid groups (broad SMARTS) is 1. The number of thiophene rings is 2. The maximum absolute atomic E-state index is 11.2. The molecule has 0 amide bonds. The van der Waals surface area contributed by atoms with Gasteiger partial charge < -0.3 is 9.84 Å². The van der Waals surface area contributed by atoms with Crippen molar-refractivity contribution in [2.24, 2.45) is 0 Å². The minimum Gasteiger partial charge on any atom is -0.481 e. The van der Waals surface area contributed by atoms with Crippen molar-refractivity contribution in [2.75, 3.05) is 6.61 Å². The van der Waals surface area contributed by atoms with Crippen LogP contribution in [0.3, 0.4) is 0 Å². The maximum atomic E-state index is 11.2. The van der Waals surface area contributed by atoms with E-state index in [9.17, 15) is 9.59 Å². The van der Waals surface area contributed by atoms with E-state index in [0.717, 1.165) is 28.8 Å². The second-order valence-electron chi connectivity index (χ2n) is 5.28. The van der Waals surface area contributed by atoms with E-state index in [1.165, 1.54) is 4.88 Å². The van der Waals surface area contributed by atoms with Crippen LogP contribution in [0.4, 0.5) is 0 Å². The van der Waals surface area contributed by atoms with E-state index in [2.05, 4.69) is 13.2 Å². The molecule has 2 aromatic rings. The summed E-state index contributed by atoms with van der Waals surface area (Å²) in [5.74, 6) is -0.935. The molecule has 2 aromatic heterocycles. The van der Waals surface area contributed by atoms with Crippen molar-refractivity contribution in [2.45, 2.75) is 32.6 Å². The third-order valence-corrected chi connectivity index (χ3v) is 5.29. The number of rotatable bonds is 9. The van der Waals surface area contributed by atoms with Gasteiger partial charge in [-0.05, 0) is 53.8 Å². The van der Waals surface area contributed by atoms with E-state index < -0.39 is 5.97 Å². The summed E-state index contributed by atoms with van der Waals surface area (Å²) >= 11 is 3.24. The fraction of sp³-hybridized carbons (Fsp3) is 0.300. The minimum absolute atomic E-state index is 0.118. The highest BCUT2D eigenvalue weighted by molar-refractivity contribution is 7.10. The van der Waals surface area contributed by atoms with Crippen LogP contribution < -0.4 is 0 Å². The molecule has 0 saturated heterocycles. The van der Waals surface area contributed by atoms with Gasteiger partial charge in [0.15, 0.2) is 0 Å². The van der Waals surface area contributed by atoms with E-state index in [4.69, 9.17) is 9.84 Å². The predicted octanol–water partition coefficient (Wildman–Crippen LogP) is 4.69. The molecule has 0 atom stereocenters. The molecule has 0 radical (unpaired) electrons. The molecule has 26 heavy (non-hydrogen) atoms. The first-order chi connectivity index (χ1) is 12.5. The topological polar surface area (TPSA) is 63.6 Å². The van der Waals surface area contributed by atoms with Crippen LogP contribution in [0.2, 0.25) is 0 Å². The summed E-state index contributed by atoms with van der Waals surface area (Å²) in [7, 11) is 0. The zero-order chi connectivity index (χ0) is 19.4. The van der Waals surface area contributed by atoms with Gasteiger partial charge in [-0.25, -0.2) is 0 Å². The van der Waals surface area contributed by atoms with Crippen LogP contribution in [0.25, 0.3) is 0 Å². The summed E-state index contributed by atoms with van der Waals surface area (Å²) in [5.41, 5.74) is 1.97. The van der Waals surface area contributed by atoms with Crippen LogP contribution in [0.1, 0.15) is 27.8 Å². The number of aliphatic carboxylic acids is 1. The predicted molar refractivity (Wildman–Crippen MR) is 108 cm³/mol. The van der Waals surface area contributed by atoms with Crippen LogP contribution in [0.15, 0.2) is 48.2 Å². The number of carboxylic acids is 1. The van der Waals surface area contributed by atoms with E-state index in [1.54, 1.807) is 28.7 Å². The summed E-state index contributed by atoms with van der Waals surface area (Å²) < 4.78 is 4.89. The Kier molecular flexibility index (Phi) is 10.3. The zero-order valence-electron chi connectivity index (χ0n) is 14.9. The lowest BCUT2D eigenvalue weighted by Gasteiger charge is -2.01. The minimum atomic E-state index is -0.779. The largest absolute Gasteiger partial charge is 0.481 e. The SMILES string of the molecule is C=CCc1sccc1CC(=O)O.C=CCc1sccc1CC(=O)OCC. The number of esters is 1. The fourth-order valence-electron chi connectivity index (χ4n) is 2.20. The van der Waals surface area contributed by atoms with Crippen molar-refractivity contribution >= 4 is 34.6 Å². The molecule has 1 N–H and O–H groups in total. The molecule has 0 aliphatic heterocycles. The first-order valence-electron chi connectivity index (χ1n) is 8.21. The average Bonchev–Trinajstić information content (AvgIpc) is 3.19. The van der Waals surface area contributed by atoms with Gasteiger partial charge in [0.2, 0.25) is 0 Å². The van der Waals surface area contributed by atoms with Crippen LogP contribution in [0, 0.1) is 0 Å². The van der Waals surface area contributed by atoms with E-state index in [1.807, 2.05) is 35.9 Å². The number of hydrogen-bond acceptors (Lipinski definition) is 5. The molecule has 0 aliphatic rings. The Hall–Kier alpha value is -2.18. The Morgan fingerprint density at radius 3 is 1.96 bits per heavy atom. The molecule has 2 rings (SSSR count). The Bertz CT molecular complexity index is 728. The molecular formula is C20H24O4S2. The smallest absolute Gasteiger partial charge is 0.310 e. The molecule has 0 aliphatic carbocycles. The van der Waals surface area contributed by atoms with Gasteiger partial charge in [-0.15, -0.1) is 35.8 Å². The Labute approximate surface area is 162 Å². The molecule has 0 bridgehead atoms. The number of carbonyl (C=O) groups is 2. The first-order valence-corrected chi connectivity index (χ1v) is 9.97.